The molecule has 9 heteroatoms. The van der Waals surface area contributed by atoms with Crippen molar-refractivity contribution >= 4 is 18.0 Å². The number of nitrogens with zero attached hydrogens (tertiary/aromatic N) is 1. The first-order valence-corrected chi connectivity index (χ1v) is 8.05. The molecular weight excluding hydrogens is 334 g/mol. The molecule has 7 nitrogen and oxygen atoms in total. The summed E-state index contributed by atoms with van der Waals surface area (Å²) < 4.78 is 26.8. The third kappa shape index (κ3) is 3.13. The Kier molecular flexibility index (Phi) is 4.56. The van der Waals surface area contributed by atoms with Crippen LogP contribution in [0.5, 0.6) is 0 Å². The third-order valence-corrected chi connectivity index (χ3v) is 4.45. The zero-order chi connectivity index (χ0) is 18.1. The average molecular weight is 352 g/mol. The number of fused-ring (bicyclic) bond motifs is 1. The number of imide groups is 1. The van der Waals surface area contributed by atoms with Crippen LogP contribution in [0.4, 0.5) is 18.4 Å². The number of hydrogen-bond acceptors (Lipinski definition) is 3. The number of unbranched alkanes of at least 4 members (excludes halogenated alkanes) is 1. The van der Waals surface area contributed by atoms with Crippen LogP contribution in [0.1, 0.15) is 31.4 Å². The maximum Gasteiger partial charge on any atom is 0.325 e. The van der Waals surface area contributed by atoms with Crippen molar-refractivity contribution in [2.45, 2.75) is 32.0 Å². The van der Waals surface area contributed by atoms with Crippen molar-refractivity contribution in [3.05, 3.63) is 35.4 Å². The number of carbonyl (C=O) groups is 3. The van der Waals surface area contributed by atoms with Crippen molar-refractivity contribution in [1.82, 2.24) is 20.9 Å². The van der Waals surface area contributed by atoms with Gasteiger partial charge in [-0.2, -0.15) is 0 Å². The molecular formula is C16H18F2N4O3. The first-order chi connectivity index (χ1) is 11.9. The molecule has 0 radical (unpaired) electrons. The van der Waals surface area contributed by atoms with Gasteiger partial charge in [-0.15, -0.1) is 0 Å². The Morgan fingerprint density at radius 3 is 2.56 bits per heavy atom. The summed E-state index contributed by atoms with van der Waals surface area (Å²) in [4.78, 5) is 37.9. The number of benzene rings is 1. The minimum Gasteiger partial charge on any atom is -0.330 e. The summed E-state index contributed by atoms with van der Waals surface area (Å²) in [6.45, 7) is 2.32. The van der Waals surface area contributed by atoms with Gasteiger partial charge in [0.1, 0.15) is 12.1 Å². The highest BCUT2D eigenvalue weighted by atomic mass is 19.2. The lowest BCUT2D eigenvalue weighted by Crippen LogP contribution is -2.72. The molecule has 3 atom stereocenters. The molecule has 2 aliphatic rings. The average Bonchev–Trinajstić information content (AvgIpc) is 2.56. The fourth-order valence-corrected chi connectivity index (χ4v) is 3.20. The molecule has 2 aliphatic heterocycles. The number of halogens is 2. The van der Waals surface area contributed by atoms with Gasteiger partial charge in [0.15, 0.2) is 11.6 Å². The van der Waals surface area contributed by atoms with Gasteiger partial charge < -0.3 is 15.5 Å². The highest BCUT2D eigenvalue weighted by Crippen LogP contribution is 2.32. The van der Waals surface area contributed by atoms with E-state index in [0.29, 0.717) is 13.0 Å². The molecule has 0 saturated carbocycles. The summed E-state index contributed by atoms with van der Waals surface area (Å²) in [5, 5.41) is 7.42. The SMILES string of the molecule is CCCCN1C(=O)NC(=O)C2C(c3ccc(F)c(F)c3)NC(=O)NC21. The van der Waals surface area contributed by atoms with E-state index in [-0.39, 0.29) is 5.56 Å². The second-order valence-electron chi connectivity index (χ2n) is 6.08. The van der Waals surface area contributed by atoms with Crippen LogP contribution >= 0.6 is 0 Å². The van der Waals surface area contributed by atoms with Crippen molar-refractivity contribution < 1.29 is 23.2 Å². The van der Waals surface area contributed by atoms with E-state index in [4.69, 9.17) is 0 Å². The van der Waals surface area contributed by atoms with Crippen molar-refractivity contribution in [3.63, 3.8) is 0 Å². The minimum absolute atomic E-state index is 0.253. The number of nitrogens with one attached hydrogen (secondary N) is 3. The smallest absolute Gasteiger partial charge is 0.325 e. The number of hydrogen-bond donors (Lipinski definition) is 3. The highest BCUT2D eigenvalue weighted by molar-refractivity contribution is 6.00. The van der Waals surface area contributed by atoms with Crippen LogP contribution in [-0.4, -0.2) is 35.6 Å². The molecule has 1 aromatic carbocycles. The molecule has 3 rings (SSSR count). The van der Waals surface area contributed by atoms with Gasteiger partial charge in [0.2, 0.25) is 5.91 Å². The van der Waals surface area contributed by atoms with Gasteiger partial charge in [-0.05, 0) is 24.1 Å². The predicted molar refractivity (Wildman–Crippen MR) is 83.2 cm³/mol. The third-order valence-electron chi connectivity index (χ3n) is 4.45. The van der Waals surface area contributed by atoms with E-state index in [2.05, 4.69) is 16.0 Å². The predicted octanol–water partition coefficient (Wildman–Crippen LogP) is 1.61. The fourth-order valence-electron chi connectivity index (χ4n) is 3.20. The zero-order valence-corrected chi connectivity index (χ0v) is 13.5. The Bertz CT molecular complexity index is 727. The molecule has 3 N–H and O–H groups in total. The Morgan fingerprint density at radius 2 is 1.88 bits per heavy atom. The molecule has 2 heterocycles. The standard InChI is InChI=1S/C16H18F2N4O3/c1-2-3-6-22-13-11(14(23)21-16(22)25)12(19-15(24)20-13)8-4-5-9(17)10(18)7-8/h4-5,7,11-13H,2-3,6H2,1H3,(H2,19,20,24)(H,21,23,25). The van der Waals surface area contributed by atoms with E-state index in [1.165, 1.54) is 11.0 Å². The molecule has 0 bridgehead atoms. The van der Waals surface area contributed by atoms with Gasteiger partial charge in [0, 0.05) is 6.54 Å². The van der Waals surface area contributed by atoms with Gasteiger partial charge in [-0.25, -0.2) is 18.4 Å². The lowest BCUT2D eigenvalue weighted by molar-refractivity contribution is -0.130. The zero-order valence-electron chi connectivity index (χ0n) is 13.5. The van der Waals surface area contributed by atoms with Gasteiger partial charge >= 0.3 is 12.1 Å². The summed E-state index contributed by atoms with van der Waals surface area (Å²) >= 11 is 0. The van der Waals surface area contributed by atoms with E-state index >= 15 is 0 Å². The second-order valence-corrected chi connectivity index (χ2v) is 6.08. The van der Waals surface area contributed by atoms with Crippen LogP contribution in [0.2, 0.25) is 0 Å². The Hall–Kier alpha value is -2.71. The Morgan fingerprint density at radius 1 is 1.12 bits per heavy atom. The van der Waals surface area contributed by atoms with Gasteiger partial charge in [0.25, 0.3) is 0 Å². The largest absolute Gasteiger partial charge is 0.330 e. The molecule has 3 unspecified atom stereocenters. The first kappa shape index (κ1) is 17.1. The van der Waals surface area contributed by atoms with Crippen LogP contribution in [-0.2, 0) is 4.79 Å². The summed E-state index contributed by atoms with van der Waals surface area (Å²) in [7, 11) is 0. The maximum atomic E-state index is 13.6. The van der Waals surface area contributed by atoms with Crippen molar-refractivity contribution in [1.29, 1.82) is 0 Å². The maximum absolute atomic E-state index is 13.6. The van der Waals surface area contributed by atoms with Crippen LogP contribution in [0.25, 0.3) is 0 Å². The number of carbonyl (C=O) groups excluding carboxylic acids is 3. The van der Waals surface area contributed by atoms with Crippen molar-refractivity contribution in [2.24, 2.45) is 5.92 Å². The first-order valence-electron chi connectivity index (χ1n) is 8.05. The number of amides is 5. The molecule has 1 aromatic rings. The summed E-state index contributed by atoms with van der Waals surface area (Å²) in [6, 6.07) is 1.15. The topological polar surface area (TPSA) is 90.5 Å². The van der Waals surface area contributed by atoms with Crippen LogP contribution in [0.3, 0.4) is 0 Å². The Balaban J connectivity index is 1.97. The van der Waals surface area contributed by atoms with Crippen LogP contribution < -0.4 is 16.0 Å². The van der Waals surface area contributed by atoms with E-state index in [1.54, 1.807) is 0 Å². The molecule has 2 fully saturated rings. The molecule has 5 amide bonds. The monoisotopic (exact) mass is 352 g/mol. The second kappa shape index (κ2) is 6.66. The van der Waals surface area contributed by atoms with Crippen molar-refractivity contribution in [3.8, 4) is 0 Å². The lowest BCUT2D eigenvalue weighted by Gasteiger charge is -2.46. The highest BCUT2D eigenvalue weighted by Gasteiger charge is 2.49. The molecule has 0 aromatic heterocycles. The van der Waals surface area contributed by atoms with Gasteiger partial charge in [0.05, 0.1) is 6.04 Å². The van der Waals surface area contributed by atoms with E-state index in [0.717, 1.165) is 18.6 Å². The molecule has 2 saturated heterocycles. The quantitative estimate of drug-likeness (QED) is 0.769. The molecule has 25 heavy (non-hydrogen) atoms. The van der Waals surface area contributed by atoms with E-state index in [9.17, 15) is 23.2 Å². The summed E-state index contributed by atoms with van der Waals surface area (Å²) in [5.74, 6) is -3.53. The van der Waals surface area contributed by atoms with Crippen molar-refractivity contribution in [2.75, 3.05) is 6.54 Å². The van der Waals surface area contributed by atoms with Gasteiger partial charge in [-0.1, -0.05) is 19.4 Å². The van der Waals surface area contributed by atoms with Gasteiger partial charge in [-0.3, -0.25) is 10.1 Å². The Labute approximate surface area is 142 Å². The fraction of sp³-hybridized carbons (Fsp3) is 0.438. The van der Waals surface area contributed by atoms with E-state index < -0.39 is 47.7 Å². The van der Waals surface area contributed by atoms with E-state index in [1.807, 2.05) is 6.92 Å². The number of urea groups is 2. The van der Waals surface area contributed by atoms with Crippen LogP contribution in [0.15, 0.2) is 18.2 Å². The molecule has 134 valence electrons. The lowest BCUT2D eigenvalue weighted by atomic mass is 9.86. The summed E-state index contributed by atoms with van der Waals surface area (Å²) in [5.41, 5.74) is 0.253. The molecule has 0 aliphatic carbocycles. The summed E-state index contributed by atoms with van der Waals surface area (Å²) in [6.07, 6.45) is 0.678. The van der Waals surface area contributed by atoms with Crippen LogP contribution in [0, 0.1) is 17.6 Å². The normalized spacial score (nSPS) is 25.8. The number of rotatable bonds is 4. The minimum atomic E-state index is -1.07. The molecule has 0 spiro atoms.